The van der Waals surface area contributed by atoms with Crippen molar-refractivity contribution in [1.82, 2.24) is 0 Å². The first-order valence-corrected chi connectivity index (χ1v) is 10.3. The molecule has 0 aromatic heterocycles. The molecule has 0 aliphatic rings. The minimum absolute atomic E-state index is 0.108. The molecular weight excluding hydrogens is 347 g/mol. The van der Waals surface area contributed by atoms with Gasteiger partial charge in [-0.1, -0.05) is 67.0 Å². The lowest BCUT2D eigenvalue weighted by molar-refractivity contribution is 0.0441. The van der Waals surface area contributed by atoms with Crippen LogP contribution >= 0.6 is 12.1 Å². The van der Waals surface area contributed by atoms with Crippen molar-refractivity contribution in [3.8, 4) is 0 Å². The maximum absolute atomic E-state index is 13.0. The van der Waals surface area contributed by atoms with Gasteiger partial charge >= 0.3 is 5.97 Å². The minimum Gasteiger partial charge on any atom is -0.445 e. The van der Waals surface area contributed by atoms with E-state index in [1.807, 2.05) is 19.1 Å². The first-order valence-electron chi connectivity index (χ1n) is 9.56. The first-order chi connectivity index (χ1) is 12.0. The van der Waals surface area contributed by atoms with Gasteiger partial charge in [0.15, 0.2) is 5.44 Å². The number of benzene rings is 1. The van der Waals surface area contributed by atoms with Crippen molar-refractivity contribution >= 4 is 18.1 Å². The molecule has 0 saturated carbocycles. The molecule has 0 aliphatic heterocycles. The maximum atomic E-state index is 13.0. The summed E-state index contributed by atoms with van der Waals surface area (Å²) in [6.07, 6.45) is 3.40. The predicted molar refractivity (Wildman–Crippen MR) is 110 cm³/mol. The Hall–Kier alpha value is -1.03. The van der Waals surface area contributed by atoms with Crippen molar-refractivity contribution in [2.75, 3.05) is 0 Å². The highest BCUT2D eigenvalue weighted by Gasteiger charge is 2.30. The Morgan fingerprint density at radius 3 is 2.12 bits per heavy atom. The van der Waals surface area contributed by atoms with E-state index < -0.39 is 11.4 Å². The van der Waals surface area contributed by atoms with Gasteiger partial charge in [0.25, 0.3) is 0 Å². The van der Waals surface area contributed by atoms with E-state index in [9.17, 15) is 8.68 Å². The highest BCUT2D eigenvalue weighted by Crippen LogP contribution is 2.43. The lowest BCUT2D eigenvalue weighted by Crippen LogP contribution is -2.24. The van der Waals surface area contributed by atoms with Gasteiger partial charge in [0, 0.05) is 0 Å². The summed E-state index contributed by atoms with van der Waals surface area (Å²) < 4.78 is 18.2. The van der Waals surface area contributed by atoms with Gasteiger partial charge in [0.05, 0.1) is 17.7 Å². The van der Waals surface area contributed by atoms with Crippen LogP contribution in [0.25, 0.3) is 0 Å². The van der Waals surface area contributed by atoms with Gasteiger partial charge in [-0.2, -0.15) is 3.89 Å². The van der Waals surface area contributed by atoms with Crippen molar-refractivity contribution in [2.24, 2.45) is 10.8 Å². The molecule has 0 amide bonds. The molecule has 2 unspecified atom stereocenters. The monoisotopic (exact) mass is 382 g/mol. The number of hydrogen-bond acceptors (Lipinski definition) is 3. The third-order valence-electron chi connectivity index (χ3n) is 4.54. The van der Waals surface area contributed by atoms with Crippen LogP contribution in [0.1, 0.15) is 96.0 Å². The Balaban J connectivity index is 2.90. The van der Waals surface area contributed by atoms with Gasteiger partial charge in [-0.05, 0) is 53.7 Å². The van der Waals surface area contributed by atoms with E-state index in [1.165, 1.54) is 5.56 Å². The van der Waals surface area contributed by atoms with Crippen LogP contribution < -0.4 is 0 Å². The Morgan fingerprint density at radius 2 is 1.69 bits per heavy atom. The number of rotatable bonds is 8. The van der Waals surface area contributed by atoms with E-state index >= 15 is 0 Å². The SMILES string of the molecule is CCCCC(OC(=O)c1ccc(C(CC(C)(C)C)C(C)(C)C)cc1)SF. The topological polar surface area (TPSA) is 26.3 Å². The fraction of sp³-hybridized carbons (Fsp3) is 0.682. The summed E-state index contributed by atoms with van der Waals surface area (Å²) in [5, 5.41) is 0. The molecule has 0 bridgehead atoms. The quantitative estimate of drug-likeness (QED) is 0.343. The molecule has 1 aromatic carbocycles. The molecule has 0 fully saturated rings. The van der Waals surface area contributed by atoms with Crippen LogP contribution in [0.4, 0.5) is 3.89 Å². The number of carbonyl (C=O) groups is 1. The minimum atomic E-state index is -0.717. The molecule has 0 spiro atoms. The molecule has 1 aromatic rings. The Labute approximate surface area is 163 Å². The molecule has 0 saturated heterocycles. The van der Waals surface area contributed by atoms with Gasteiger partial charge in [0.2, 0.25) is 0 Å². The molecule has 0 aliphatic carbocycles. The van der Waals surface area contributed by atoms with Gasteiger partial charge in [-0.25, -0.2) is 4.79 Å². The van der Waals surface area contributed by atoms with Crippen molar-refractivity contribution in [3.05, 3.63) is 35.4 Å². The van der Waals surface area contributed by atoms with Crippen LogP contribution in [-0.4, -0.2) is 11.4 Å². The van der Waals surface area contributed by atoms with Gasteiger partial charge in [-0.3, -0.25) is 0 Å². The number of halogens is 1. The van der Waals surface area contributed by atoms with Gasteiger partial charge in [0.1, 0.15) is 0 Å². The average Bonchev–Trinajstić information content (AvgIpc) is 2.54. The fourth-order valence-electron chi connectivity index (χ4n) is 3.07. The maximum Gasteiger partial charge on any atom is 0.339 e. The summed E-state index contributed by atoms with van der Waals surface area (Å²) in [6.45, 7) is 15.5. The summed E-state index contributed by atoms with van der Waals surface area (Å²) in [4.78, 5) is 12.3. The molecule has 4 heteroatoms. The normalized spacial score (nSPS) is 14.8. The standard InChI is InChI=1S/C22H35FO2S/c1-8-9-10-19(26-23)25-20(24)17-13-11-16(12-14-17)18(22(5,6)7)15-21(2,3)4/h11-14,18-19H,8-10,15H2,1-7H3. The van der Waals surface area contributed by atoms with Crippen LogP contribution in [-0.2, 0) is 4.74 Å². The van der Waals surface area contributed by atoms with Gasteiger partial charge < -0.3 is 4.74 Å². The van der Waals surface area contributed by atoms with Crippen LogP contribution in [0.2, 0.25) is 0 Å². The van der Waals surface area contributed by atoms with Crippen LogP contribution in [0.15, 0.2) is 24.3 Å². The summed E-state index contributed by atoms with van der Waals surface area (Å²) in [5.74, 6) is -0.0581. The van der Waals surface area contributed by atoms with Crippen LogP contribution in [0.5, 0.6) is 0 Å². The van der Waals surface area contributed by atoms with Crippen molar-refractivity contribution in [1.29, 1.82) is 0 Å². The summed E-state index contributed by atoms with van der Waals surface area (Å²) in [5.41, 5.74) is 1.34. The fourth-order valence-corrected chi connectivity index (χ4v) is 3.45. The Bertz CT molecular complexity index is 555. The Morgan fingerprint density at radius 1 is 1.12 bits per heavy atom. The second-order valence-electron chi connectivity index (χ2n) is 9.37. The van der Waals surface area contributed by atoms with E-state index in [-0.39, 0.29) is 23.0 Å². The average molecular weight is 383 g/mol. The second-order valence-corrected chi connectivity index (χ2v) is 10.1. The van der Waals surface area contributed by atoms with E-state index in [1.54, 1.807) is 12.1 Å². The summed E-state index contributed by atoms with van der Waals surface area (Å²) in [7, 11) is 0. The Kier molecular flexibility index (Phi) is 8.65. The molecule has 1 rings (SSSR count). The van der Waals surface area contributed by atoms with E-state index in [0.717, 1.165) is 19.3 Å². The molecule has 2 atom stereocenters. The predicted octanol–water partition coefficient (Wildman–Crippen LogP) is 7.54. The van der Waals surface area contributed by atoms with Gasteiger partial charge in [-0.15, -0.1) is 0 Å². The van der Waals surface area contributed by atoms with Crippen molar-refractivity contribution in [2.45, 2.75) is 85.5 Å². The highest BCUT2D eigenvalue weighted by molar-refractivity contribution is 7.94. The molecule has 2 nitrogen and oxygen atoms in total. The van der Waals surface area contributed by atoms with E-state index in [0.29, 0.717) is 17.9 Å². The number of hydrogen-bond donors (Lipinski definition) is 0. The molecule has 0 N–H and O–H groups in total. The third-order valence-corrected chi connectivity index (χ3v) is 5.07. The van der Waals surface area contributed by atoms with E-state index in [4.69, 9.17) is 4.74 Å². The molecule has 0 heterocycles. The number of ether oxygens (including phenoxy) is 1. The molecular formula is C22H35FO2S. The smallest absolute Gasteiger partial charge is 0.339 e. The number of esters is 1. The lowest BCUT2D eigenvalue weighted by Gasteiger charge is -2.36. The molecule has 26 heavy (non-hydrogen) atoms. The van der Waals surface area contributed by atoms with E-state index in [2.05, 4.69) is 41.5 Å². The lowest BCUT2D eigenvalue weighted by atomic mass is 9.69. The first kappa shape index (κ1) is 23.0. The molecule has 0 radical (unpaired) electrons. The number of carbonyl (C=O) groups excluding carboxylic acids is 1. The zero-order valence-corrected chi connectivity index (χ0v) is 18.2. The third kappa shape index (κ3) is 7.69. The molecule has 148 valence electrons. The second kappa shape index (κ2) is 9.77. The highest BCUT2D eigenvalue weighted by atomic mass is 32.2. The van der Waals surface area contributed by atoms with Crippen LogP contribution in [0.3, 0.4) is 0 Å². The zero-order chi connectivity index (χ0) is 20.0. The largest absolute Gasteiger partial charge is 0.445 e. The van der Waals surface area contributed by atoms with Crippen molar-refractivity contribution in [3.63, 3.8) is 0 Å². The summed E-state index contributed by atoms with van der Waals surface area (Å²) in [6, 6.07) is 7.64. The van der Waals surface area contributed by atoms with Crippen molar-refractivity contribution < 1.29 is 13.4 Å². The number of unbranched alkanes of at least 4 members (excludes halogenated alkanes) is 1. The zero-order valence-electron chi connectivity index (χ0n) is 17.4. The summed E-state index contributed by atoms with van der Waals surface area (Å²) >= 11 is 0.108. The van der Waals surface area contributed by atoms with Crippen LogP contribution in [0, 0.1) is 10.8 Å².